The van der Waals surface area contributed by atoms with E-state index in [4.69, 9.17) is 0 Å². The Morgan fingerprint density at radius 1 is 1.30 bits per heavy atom. The maximum atomic E-state index is 12.3. The second-order valence-electron chi connectivity index (χ2n) is 5.12. The lowest BCUT2D eigenvalue weighted by Gasteiger charge is -2.38. The van der Waals surface area contributed by atoms with Crippen LogP contribution in [0.2, 0.25) is 0 Å². The number of aliphatic hydroxyl groups is 1. The molecule has 1 atom stereocenters. The lowest BCUT2D eigenvalue weighted by molar-refractivity contribution is 0.0472. The predicted octanol–water partition coefficient (Wildman–Crippen LogP) is 0.921. The van der Waals surface area contributed by atoms with E-state index >= 15 is 0 Å². The number of rotatable bonds is 4. The molecule has 1 heterocycles. The van der Waals surface area contributed by atoms with Crippen LogP contribution in [0.25, 0.3) is 0 Å². The minimum Gasteiger partial charge on any atom is -0.508 e. The van der Waals surface area contributed by atoms with Gasteiger partial charge in [-0.05, 0) is 24.6 Å². The zero-order chi connectivity index (χ0) is 14.5. The van der Waals surface area contributed by atoms with Gasteiger partial charge in [-0.1, -0.05) is 13.0 Å². The lowest BCUT2D eigenvalue weighted by atomic mass is 10.1. The summed E-state index contributed by atoms with van der Waals surface area (Å²) in [5.41, 5.74) is 0.521. The third kappa shape index (κ3) is 3.29. The number of piperazine rings is 1. The molecular formula is C15H22N2O3. The number of aromatic hydroxyl groups is 1. The maximum absolute atomic E-state index is 12.3. The Hall–Kier alpha value is -1.59. The summed E-state index contributed by atoms with van der Waals surface area (Å²) in [6.07, 6.45) is 0.914. The van der Waals surface area contributed by atoms with Crippen LogP contribution in [0.5, 0.6) is 5.75 Å². The molecule has 1 unspecified atom stereocenters. The molecule has 2 N–H and O–H groups in total. The molecule has 0 saturated carbocycles. The van der Waals surface area contributed by atoms with E-state index in [0.29, 0.717) is 18.7 Å². The largest absolute Gasteiger partial charge is 0.508 e. The Balaban J connectivity index is 1.95. The summed E-state index contributed by atoms with van der Waals surface area (Å²) >= 11 is 0. The average Bonchev–Trinajstić information content (AvgIpc) is 2.48. The third-order valence-electron chi connectivity index (χ3n) is 3.89. The normalized spacial score (nSPS) is 18.0. The van der Waals surface area contributed by atoms with Gasteiger partial charge in [0.25, 0.3) is 5.91 Å². The Labute approximate surface area is 119 Å². The van der Waals surface area contributed by atoms with Crippen LogP contribution in [0.1, 0.15) is 23.7 Å². The molecule has 2 rings (SSSR count). The second-order valence-corrected chi connectivity index (χ2v) is 5.12. The molecule has 0 aromatic heterocycles. The van der Waals surface area contributed by atoms with E-state index in [1.807, 2.05) is 0 Å². The first-order valence-electron chi connectivity index (χ1n) is 7.09. The highest BCUT2D eigenvalue weighted by molar-refractivity contribution is 5.94. The van der Waals surface area contributed by atoms with Crippen LogP contribution in [-0.4, -0.2) is 64.7 Å². The smallest absolute Gasteiger partial charge is 0.254 e. The summed E-state index contributed by atoms with van der Waals surface area (Å²) in [6.45, 7) is 5.10. The van der Waals surface area contributed by atoms with Gasteiger partial charge in [-0.2, -0.15) is 0 Å². The number of hydrogen-bond donors (Lipinski definition) is 2. The van der Waals surface area contributed by atoms with Gasteiger partial charge < -0.3 is 15.1 Å². The standard InChI is InChI=1S/C15H22N2O3/c1-2-13(11-18)16-6-8-17(9-7-16)15(20)12-4-3-5-14(19)10-12/h3-5,10,13,18-19H,2,6-9,11H2,1H3. The lowest BCUT2D eigenvalue weighted by Crippen LogP contribution is -2.52. The van der Waals surface area contributed by atoms with E-state index in [1.54, 1.807) is 23.1 Å². The Morgan fingerprint density at radius 2 is 2.00 bits per heavy atom. The molecule has 110 valence electrons. The highest BCUT2D eigenvalue weighted by atomic mass is 16.3. The van der Waals surface area contributed by atoms with Crippen LogP contribution in [-0.2, 0) is 0 Å². The first-order valence-corrected chi connectivity index (χ1v) is 7.09. The number of nitrogens with zero attached hydrogens (tertiary/aromatic N) is 2. The van der Waals surface area contributed by atoms with Crippen LogP contribution in [0.3, 0.4) is 0 Å². The van der Waals surface area contributed by atoms with Crippen LogP contribution in [0.4, 0.5) is 0 Å². The zero-order valence-electron chi connectivity index (χ0n) is 11.8. The molecular weight excluding hydrogens is 256 g/mol. The Morgan fingerprint density at radius 3 is 2.55 bits per heavy atom. The summed E-state index contributed by atoms with van der Waals surface area (Å²) in [6, 6.07) is 6.64. The molecule has 1 aliphatic heterocycles. The number of benzene rings is 1. The van der Waals surface area contributed by atoms with Crippen LogP contribution in [0, 0.1) is 0 Å². The van der Waals surface area contributed by atoms with E-state index in [1.165, 1.54) is 6.07 Å². The molecule has 20 heavy (non-hydrogen) atoms. The molecule has 5 heteroatoms. The summed E-state index contributed by atoms with van der Waals surface area (Å²) < 4.78 is 0. The molecule has 1 aromatic rings. The second kappa shape index (κ2) is 6.72. The van der Waals surface area contributed by atoms with Gasteiger partial charge in [0.1, 0.15) is 5.75 Å². The molecule has 1 saturated heterocycles. The fourth-order valence-corrected chi connectivity index (χ4v) is 2.61. The maximum Gasteiger partial charge on any atom is 0.254 e. The zero-order valence-corrected chi connectivity index (χ0v) is 11.8. The summed E-state index contributed by atoms with van der Waals surface area (Å²) in [5, 5.41) is 18.7. The SMILES string of the molecule is CCC(CO)N1CCN(C(=O)c2cccc(O)c2)CC1. The third-order valence-corrected chi connectivity index (χ3v) is 3.89. The van der Waals surface area contributed by atoms with Gasteiger partial charge in [0.15, 0.2) is 0 Å². The van der Waals surface area contributed by atoms with Crippen molar-refractivity contribution in [2.45, 2.75) is 19.4 Å². The molecule has 1 amide bonds. The van der Waals surface area contributed by atoms with E-state index in [-0.39, 0.29) is 24.3 Å². The van der Waals surface area contributed by atoms with Crippen molar-refractivity contribution < 1.29 is 15.0 Å². The monoisotopic (exact) mass is 278 g/mol. The fraction of sp³-hybridized carbons (Fsp3) is 0.533. The van der Waals surface area contributed by atoms with Gasteiger partial charge in [0, 0.05) is 37.8 Å². The highest BCUT2D eigenvalue weighted by Crippen LogP contribution is 2.15. The minimum absolute atomic E-state index is 0.0439. The number of hydrogen-bond acceptors (Lipinski definition) is 4. The summed E-state index contributed by atoms with van der Waals surface area (Å²) in [7, 11) is 0. The van der Waals surface area contributed by atoms with E-state index < -0.39 is 0 Å². The Kier molecular flexibility index (Phi) is 4.98. The van der Waals surface area contributed by atoms with E-state index in [2.05, 4.69) is 11.8 Å². The van der Waals surface area contributed by atoms with Crippen molar-refractivity contribution in [3.05, 3.63) is 29.8 Å². The van der Waals surface area contributed by atoms with Gasteiger partial charge in [0.2, 0.25) is 0 Å². The number of carbonyl (C=O) groups is 1. The van der Waals surface area contributed by atoms with Crippen molar-refractivity contribution in [1.29, 1.82) is 0 Å². The van der Waals surface area contributed by atoms with Gasteiger partial charge in [0.05, 0.1) is 6.61 Å². The molecule has 0 aliphatic carbocycles. The van der Waals surface area contributed by atoms with Crippen molar-refractivity contribution in [2.24, 2.45) is 0 Å². The van der Waals surface area contributed by atoms with E-state index in [0.717, 1.165) is 19.5 Å². The highest BCUT2D eigenvalue weighted by Gasteiger charge is 2.25. The molecule has 0 radical (unpaired) electrons. The number of amides is 1. The van der Waals surface area contributed by atoms with Gasteiger partial charge in [-0.3, -0.25) is 9.69 Å². The number of aliphatic hydroxyl groups excluding tert-OH is 1. The Bertz CT molecular complexity index is 452. The van der Waals surface area contributed by atoms with Crippen LogP contribution in [0.15, 0.2) is 24.3 Å². The predicted molar refractivity (Wildman–Crippen MR) is 76.7 cm³/mol. The number of phenolic OH excluding ortho intramolecular Hbond substituents is 1. The number of phenols is 1. The molecule has 1 aliphatic rings. The quantitative estimate of drug-likeness (QED) is 0.859. The van der Waals surface area contributed by atoms with Crippen molar-refractivity contribution >= 4 is 5.91 Å². The molecule has 0 spiro atoms. The van der Waals surface area contributed by atoms with Gasteiger partial charge >= 0.3 is 0 Å². The average molecular weight is 278 g/mol. The van der Waals surface area contributed by atoms with Crippen molar-refractivity contribution in [3.8, 4) is 5.75 Å². The molecule has 5 nitrogen and oxygen atoms in total. The van der Waals surface area contributed by atoms with Crippen LogP contribution < -0.4 is 0 Å². The summed E-state index contributed by atoms with van der Waals surface area (Å²) in [5.74, 6) is 0.0680. The van der Waals surface area contributed by atoms with Crippen LogP contribution >= 0.6 is 0 Å². The molecule has 0 bridgehead atoms. The number of carbonyl (C=O) groups excluding carboxylic acids is 1. The first kappa shape index (κ1) is 14.8. The van der Waals surface area contributed by atoms with Gasteiger partial charge in [-0.25, -0.2) is 0 Å². The minimum atomic E-state index is -0.0439. The first-order chi connectivity index (χ1) is 9.65. The molecule has 1 aromatic carbocycles. The van der Waals surface area contributed by atoms with Crippen molar-refractivity contribution in [1.82, 2.24) is 9.80 Å². The van der Waals surface area contributed by atoms with Gasteiger partial charge in [-0.15, -0.1) is 0 Å². The molecule has 1 fully saturated rings. The summed E-state index contributed by atoms with van der Waals surface area (Å²) in [4.78, 5) is 16.3. The van der Waals surface area contributed by atoms with Crippen molar-refractivity contribution in [2.75, 3.05) is 32.8 Å². The van der Waals surface area contributed by atoms with Crippen molar-refractivity contribution in [3.63, 3.8) is 0 Å². The topological polar surface area (TPSA) is 64.0 Å². The van der Waals surface area contributed by atoms with E-state index in [9.17, 15) is 15.0 Å². The fourth-order valence-electron chi connectivity index (χ4n) is 2.61.